The Morgan fingerprint density at radius 3 is 2.14 bits per heavy atom. The van der Waals surface area contributed by atoms with Gasteiger partial charge in [-0.15, -0.1) is 0 Å². The number of methoxy groups -OCH3 is 2. The lowest BCUT2D eigenvalue weighted by Gasteiger charge is -2.43. The van der Waals surface area contributed by atoms with Gasteiger partial charge in [-0.25, -0.2) is 4.79 Å². The normalized spacial score (nSPS) is 21.0. The molecule has 13 heteroatoms. The van der Waals surface area contributed by atoms with Crippen LogP contribution < -0.4 is 26.0 Å². The summed E-state index contributed by atoms with van der Waals surface area (Å²) in [5, 5.41) is 14.5. The van der Waals surface area contributed by atoms with Crippen LogP contribution in [-0.4, -0.2) is 116 Å². The molecule has 1 aromatic heterocycles. The topological polar surface area (TPSA) is 133 Å². The zero-order chi connectivity index (χ0) is 40.7. The predicted octanol–water partition coefficient (Wildman–Crippen LogP) is 3.67. The number of aliphatic hydroxyl groups is 1. The summed E-state index contributed by atoms with van der Waals surface area (Å²) in [6.45, 7) is 5.03. The van der Waals surface area contributed by atoms with Crippen molar-refractivity contribution in [2.24, 2.45) is 0 Å². The average molecular weight is 785 g/mol. The van der Waals surface area contributed by atoms with Crippen molar-refractivity contribution in [2.75, 3.05) is 68.1 Å². The predicted molar refractivity (Wildman–Crippen MR) is 218 cm³/mol. The van der Waals surface area contributed by atoms with Gasteiger partial charge in [-0.05, 0) is 74.2 Å². The Morgan fingerprint density at radius 2 is 1.53 bits per heavy atom. The number of hydrogen-bond donors (Lipinski definition) is 2. The number of rotatable bonds is 16. The van der Waals surface area contributed by atoms with E-state index in [0.717, 1.165) is 49.2 Å². The van der Waals surface area contributed by atoms with Crippen LogP contribution in [0, 0.1) is 6.92 Å². The molecule has 306 valence electrons. The average Bonchev–Trinajstić information content (AvgIpc) is 3.59. The van der Waals surface area contributed by atoms with Crippen molar-refractivity contribution in [3.8, 4) is 11.5 Å². The zero-order valence-electron chi connectivity index (χ0n) is 34.1. The fourth-order valence-electron chi connectivity index (χ4n) is 7.97. The molecule has 3 heterocycles. The Kier molecular flexibility index (Phi) is 13.4. The van der Waals surface area contributed by atoms with E-state index in [2.05, 4.69) is 24.3 Å². The molecule has 57 heavy (non-hydrogen) atoms. The number of carbonyl (C=O) groups is 1. The van der Waals surface area contributed by atoms with Gasteiger partial charge in [0.05, 0.1) is 54.1 Å². The van der Waals surface area contributed by atoms with E-state index >= 15 is 0 Å². The molecule has 2 fully saturated rings. The minimum Gasteiger partial charge on any atom is -0.497 e. The van der Waals surface area contributed by atoms with Crippen LogP contribution in [0.1, 0.15) is 54.2 Å². The number of carbonyl (C=O) groups excluding carboxylic acids is 1. The third-order valence-corrected chi connectivity index (χ3v) is 11.6. The molecule has 2 aliphatic heterocycles. The number of nitrogens with zero attached hydrogens (tertiary/aromatic N) is 4. The van der Waals surface area contributed by atoms with E-state index in [1.165, 1.54) is 15.3 Å². The molecule has 4 unspecified atom stereocenters. The van der Waals surface area contributed by atoms with Gasteiger partial charge in [-0.3, -0.25) is 23.6 Å². The maximum absolute atomic E-state index is 13.8. The summed E-state index contributed by atoms with van der Waals surface area (Å²) in [6, 6.07) is 25.1. The van der Waals surface area contributed by atoms with Crippen molar-refractivity contribution in [3.63, 3.8) is 0 Å². The van der Waals surface area contributed by atoms with E-state index in [4.69, 9.17) is 18.9 Å². The SMILES string of the molecule is COc1ccc(C(OCC2OC(n3cc(C)c(=O)n(CCCCCNC(=O)C4CN(C)CC[N+]4(C)C)c3=O)CC2O)(c2ccccc2)c2ccc(OC)cc2)cc1. The lowest BCUT2D eigenvalue weighted by atomic mass is 9.80. The molecule has 6 rings (SSSR count). The highest BCUT2D eigenvalue weighted by Crippen LogP contribution is 2.42. The number of hydrogen-bond acceptors (Lipinski definition) is 9. The highest BCUT2D eigenvalue weighted by atomic mass is 16.6. The van der Waals surface area contributed by atoms with E-state index in [1.54, 1.807) is 21.1 Å². The van der Waals surface area contributed by atoms with E-state index in [-0.39, 0.29) is 37.1 Å². The smallest absolute Gasteiger partial charge is 0.333 e. The first kappa shape index (κ1) is 41.8. The second-order valence-electron chi connectivity index (χ2n) is 15.8. The Balaban J connectivity index is 1.15. The minimum atomic E-state index is -1.12. The third-order valence-electron chi connectivity index (χ3n) is 11.6. The molecule has 1 amide bonds. The number of ether oxygens (including phenoxy) is 4. The number of amides is 1. The number of likely N-dealkylation sites (N-methyl/N-ethyl adjacent to an activating group) is 2. The number of benzene rings is 3. The highest BCUT2D eigenvalue weighted by Gasteiger charge is 2.43. The highest BCUT2D eigenvalue weighted by molar-refractivity contribution is 5.81. The molecule has 0 spiro atoms. The summed E-state index contributed by atoms with van der Waals surface area (Å²) in [5.74, 6) is 1.45. The van der Waals surface area contributed by atoms with Gasteiger partial charge in [0.25, 0.3) is 11.5 Å². The zero-order valence-corrected chi connectivity index (χ0v) is 34.1. The maximum atomic E-state index is 13.8. The van der Waals surface area contributed by atoms with Gasteiger partial charge in [0, 0.05) is 37.8 Å². The van der Waals surface area contributed by atoms with Crippen LogP contribution >= 0.6 is 0 Å². The van der Waals surface area contributed by atoms with Crippen molar-refractivity contribution in [2.45, 2.75) is 69.2 Å². The van der Waals surface area contributed by atoms with E-state index in [1.807, 2.05) is 85.9 Å². The van der Waals surface area contributed by atoms with E-state index < -0.39 is 29.7 Å². The number of piperazine rings is 1. The molecular formula is C44H58N5O8+. The summed E-state index contributed by atoms with van der Waals surface area (Å²) in [7, 11) is 9.47. The Hall–Kier alpha value is -4.79. The number of aryl methyl sites for hydroxylation is 1. The number of nitrogens with one attached hydrogen (secondary N) is 1. The van der Waals surface area contributed by atoms with Crippen LogP contribution in [0.25, 0.3) is 0 Å². The first-order valence-electron chi connectivity index (χ1n) is 19.8. The standard InChI is InChI=1S/C44H57N5O8/c1-31-28-48(43(53)47(42(31)52)24-12-8-11-23-45-41(51)37-29-46(2)25-26-49(37,3)4)40-27-38(50)39(57-40)30-56-44(32-13-9-7-10-14-32,33-15-19-35(54-5)20-16-33)34-17-21-36(55-6)22-18-34/h7,9-10,13-22,28,37-40,50H,8,11-12,23-27,29-30H2,1-6H3/p+1. The lowest BCUT2D eigenvalue weighted by Crippen LogP contribution is -2.65. The molecule has 0 bridgehead atoms. The van der Waals surface area contributed by atoms with Gasteiger partial charge in [-0.2, -0.15) is 0 Å². The molecule has 0 aliphatic carbocycles. The Bertz CT molecular complexity index is 2020. The number of aromatic nitrogens is 2. The van der Waals surface area contributed by atoms with E-state index in [9.17, 15) is 19.5 Å². The van der Waals surface area contributed by atoms with Gasteiger partial charge >= 0.3 is 5.69 Å². The van der Waals surface area contributed by atoms with Crippen molar-refractivity contribution in [1.29, 1.82) is 0 Å². The van der Waals surface area contributed by atoms with Crippen LogP contribution in [0.15, 0.2) is 94.6 Å². The third kappa shape index (κ3) is 9.18. The van der Waals surface area contributed by atoms with Gasteiger partial charge in [0.2, 0.25) is 0 Å². The van der Waals surface area contributed by atoms with Crippen LogP contribution in [0.3, 0.4) is 0 Å². The summed E-state index contributed by atoms with van der Waals surface area (Å²) in [4.78, 5) is 42.2. The van der Waals surface area contributed by atoms with Crippen molar-refractivity contribution in [1.82, 2.24) is 19.4 Å². The molecule has 13 nitrogen and oxygen atoms in total. The molecule has 2 aliphatic rings. The Labute approximate surface area is 334 Å². The number of quaternary nitrogens is 1. The first-order chi connectivity index (χ1) is 27.4. The quantitative estimate of drug-likeness (QED) is 0.0993. The molecule has 0 radical (unpaired) electrons. The molecular weight excluding hydrogens is 727 g/mol. The molecule has 4 aromatic rings. The van der Waals surface area contributed by atoms with Crippen molar-refractivity contribution in [3.05, 3.63) is 128 Å². The number of aliphatic hydroxyl groups excluding tert-OH is 1. The van der Waals surface area contributed by atoms with E-state index in [0.29, 0.717) is 34.5 Å². The van der Waals surface area contributed by atoms with Crippen molar-refractivity contribution >= 4 is 5.91 Å². The molecule has 2 N–H and O–H groups in total. The van der Waals surface area contributed by atoms with Crippen LogP contribution in [0.4, 0.5) is 0 Å². The van der Waals surface area contributed by atoms with Gasteiger partial charge < -0.3 is 33.9 Å². The second-order valence-corrected chi connectivity index (χ2v) is 15.8. The minimum absolute atomic E-state index is 0.0114. The summed E-state index contributed by atoms with van der Waals surface area (Å²) >= 11 is 0. The fourth-order valence-corrected chi connectivity index (χ4v) is 7.97. The number of unbranched alkanes of at least 4 members (excludes halogenated alkanes) is 2. The largest absolute Gasteiger partial charge is 0.497 e. The van der Waals surface area contributed by atoms with Gasteiger partial charge in [0.1, 0.15) is 29.4 Å². The van der Waals surface area contributed by atoms with Crippen LogP contribution in [0.2, 0.25) is 0 Å². The molecule has 3 aromatic carbocycles. The summed E-state index contributed by atoms with van der Waals surface area (Å²) in [6.07, 6.45) is 1.17. The first-order valence-corrected chi connectivity index (χ1v) is 19.8. The fraction of sp³-hybridized carbons (Fsp3) is 0.477. The summed E-state index contributed by atoms with van der Waals surface area (Å²) < 4.78 is 27.6. The Morgan fingerprint density at radius 1 is 0.912 bits per heavy atom. The molecule has 4 atom stereocenters. The van der Waals surface area contributed by atoms with Gasteiger partial charge in [-0.1, -0.05) is 54.6 Å². The van der Waals surface area contributed by atoms with Gasteiger partial charge in [0.15, 0.2) is 6.04 Å². The second kappa shape index (κ2) is 18.2. The maximum Gasteiger partial charge on any atom is 0.333 e. The lowest BCUT2D eigenvalue weighted by molar-refractivity contribution is -0.910. The molecule has 2 saturated heterocycles. The van der Waals surface area contributed by atoms with Crippen LogP contribution in [0.5, 0.6) is 11.5 Å². The monoisotopic (exact) mass is 784 g/mol. The molecule has 0 saturated carbocycles. The van der Waals surface area contributed by atoms with Crippen molar-refractivity contribution < 1.29 is 33.3 Å². The van der Waals surface area contributed by atoms with Crippen LogP contribution in [-0.2, 0) is 26.4 Å². The summed E-state index contributed by atoms with van der Waals surface area (Å²) in [5.41, 5.74) is 0.985.